The lowest BCUT2D eigenvalue weighted by molar-refractivity contribution is -0.149. The predicted octanol–water partition coefficient (Wildman–Crippen LogP) is 1.69. The molecule has 5 nitrogen and oxygen atoms in total. The van der Waals surface area contributed by atoms with Crippen LogP contribution in [0.1, 0.15) is 38.3 Å². The highest BCUT2D eigenvalue weighted by atomic mass is 16.5. The first kappa shape index (κ1) is 13.9. The summed E-state index contributed by atoms with van der Waals surface area (Å²) in [7, 11) is 0. The molecule has 5 heteroatoms. The van der Waals surface area contributed by atoms with E-state index in [-0.39, 0.29) is 11.9 Å². The fraction of sp³-hybridized carbons (Fsp3) is 0.643. The summed E-state index contributed by atoms with van der Waals surface area (Å²) in [5.74, 6) is 0.0596. The Labute approximate surface area is 113 Å². The summed E-state index contributed by atoms with van der Waals surface area (Å²) in [5.41, 5.74) is 0.954. The molecule has 0 spiro atoms. The molecule has 1 aromatic rings. The van der Waals surface area contributed by atoms with Crippen molar-refractivity contribution in [1.82, 2.24) is 15.3 Å². The zero-order chi connectivity index (χ0) is 13.5. The van der Waals surface area contributed by atoms with Gasteiger partial charge in [-0.05, 0) is 32.6 Å². The third-order valence-corrected chi connectivity index (χ3v) is 3.54. The minimum Gasteiger partial charge on any atom is -0.466 e. The molecule has 0 aromatic carbocycles. The SMILES string of the molecule is CCOC(=O)C1CCC(NCc2cnccn2)CC1. The number of hydrogen-bond acceptors (Lipinski definition) is 5. The Morgan fingerprint density at radius 2 is 2.16 bits per heavy atom. The first-order valence-electron chi connectivity index (χ1n) is 6.94. The van der Waals surface area contributed by atoms with E-state index in [0.717, 1.165) is 37.9 Å². The van der Waals surface area contributed by atoms with Gasteiger partial charge in [0, 0.05) is 31.2 Å². The highest BCUT2D eigenvalue weighted by Crippen LogP contribution is 2.25. The molecule has 1 fully saturated rings. The minimum absolute atomic E-state index is 0.0325. The van der Waals surface area contributed by atoms with E-state index in [2.05, 4.69) is 15.3 Å². The fourth-order valence-corrected chi connectivity index (χ4v) is 2.46. The Balaban J connectivity index is 1.70. The highest BCUT2D eigenvalue weighted by Gasteiger charge is 2.26. The van der Waals surface area contributed by atoms with Crippen LogP contribution in [0.25, 0.3) is 0 Å². The minimum atomic E-state index is -0.0325. The maximum Gasteiger partial charge on any atom is 0.308 e. The maximum atomic E-state index is 11.6. The number of esters is 1. The summed E-state index contributed by atoms with van der Waals surface area (Å²) < 4.78 is 5.07. The summed E-state index contributed by atoms with van der Waals surface area (Å²) in [6, 6.07) is 0.465. The lowest BCUT2D eigenvalue weighted by atomic mass is 9.86. The van der Waals surface area contributed by atoms with Crippen molar-refractivity contribution in [3.05, 3.63) is 24.3 Å². The van der Waals surface area contributed by atoms with Gasteiger partial charge in [0.25, 0.3) is 0 Å². The second-order valence-electron chi connectivity index (χ2n) is 4.88. The van der Waals surface area contributed by atoms with E-state index in [1.54, 1.807) is 18.6 Å². The van der Waals surface area contributed by atoms with Crippen LogP contribution in [0.2, 0.25) is 0 Å². The first-order chi connectivity index (χ1) is 9.29. The Hall–Kier alpha value is -1.49. The largest absolute Gasteiger partial charge is 0.466 e. The molecule has 0 amide bonds. The predicted molar refractivity (Wildman–Crippen MR) is 71.3 cm³/mol. The third-order valence-electron chi connectivity index (χ3n) is 3.54. The quantitative estimate of drug-likeness (QED) is 0.819. The maximum absolute atomic E-state index is 11.6. The average molecular weight is 263 g/mol. The second-order valence-corrected chi connectivity index (χ2v) is 4.88. The molecule has 0 bridgehead atoms. The van der Waals surface area contributed by atoms with Gasteiger partial charge in [0.15, 0.2) is 0 Å². The number of carbonyl (C=O) groups excluding carboxylic acids is 1. The fourth-order valence-electron chi connectivity index (χ4n) is 2.46. The van der Waals surface area contributed by atoms with E-state index >= 15 is 0 Å². The van der Waals surface area contributed by atoms with Gasteiger partial charge in [-0.2, -0.15) is 0 Å². The van der Waals surface area contributed by atoms with Crippen LogP contribution < -0.4 is 5.32 Å². The van der Waals surface area contributed by atoms with Crippen LogP contribution in [0.15, 0.2) is 18.6 Å². The monoisotopic (exact) mass is 263 g/mol. The van der Waals surface area contributed by atoms with Crippen LogP contribution in [0.4, 0.5) is 0 Å². The standard InChI is InChI=1S/C14H21N3O2/c1-2-19-14(18)11-3-5-12(6-4-11)17-10-13-9-15-7-8-16-13/h7-9,11-12,17H,2-6,10H2,1H3. The molecule has 1 aromatic heterocycles. The lowest BCUT2D eigenvalue weighted by Gasteiger charge is -2.27. The Kier molecular flexibility index (Phi) is 5.27. The number of rotatable bonds is 5. The van der Waals surface area contributed by atoms with Gasteiger partial charge in [-0.15, -0.1) is 0 Å². The molecule has 104 valence electrons. The summed E-state index contributed by atoms with van der Waals surface area (Å²) in [5, 5.41) is 3.47. The zero-order valence-electron chi connectivity index (χ0n) is 11.3. The first-order valence-corrected chi connectivity index (χ1v) is 6.94. The van der Waals surface area contributed by atoms with Gasteiger partial charge in [0.05, 0.1) is 18.2 Å². The van der Waals surface area contributed by atoms with Crippen LogP contribution >= 0.6 is 0 Å². The number of carbonyl (C=O) groups is 1. The van der Waals surface area contributed by atoms with E-state index in [1.807, 2.05) is 6.92 Å². The van der Waals surface area contributed by atoms with Gasteiger partial charge in [-0.3, -0.25) is 14.8 Å². The topological polar surface area (TPSA) is 64.1 Å². The molecule has 0 unspecified atom stereocenters. The molecule has 0 saturated heterocycles. The molecule has 1 heterocycles. The number of aromatic nitrogens is 2. The summed E-state index contributed by atoms with van der Waals surface area (Å²) in [4.78, 5) is 19.9. The van der Waals surface area contributed by atoms with Crippen molar-refractivity contribution in [2.45, 2.75) is 45.2 Å². The molecule has 19 heavy (non-hydrogen) atoms. The Morgan fingerprint density at radius 1 is 1.37 bits per heavy atom. The van der Waals surface area contributed by atoms with E-state index in [4.69, 9.17) is 4.74 Å². The smallest absolute Gasteiger partial charge is 0.308 e. The average Bonchev–Trinajstić information content (AvgIpc) is 2.47. The van der Waals surface area contributed by atoms with Crippen molar-refractivity contribution in [3.8, 4) is 0 Å². The van der Waals surface area contributed by atoms with Crippen molar-refractivity contribution in [1.29, 1.82) is 0 Å². The molecule has 1 aliphatic carbocycles. The molecule has 1 aliphatic rings. The molecular weight excluding hydrogens is 242 g/mol. The molecule has 2 rings (SSSR count). The molecule has 0 aliphatic heterocycles. The summed E-state index contributed by atoms with van der Waals surface area (Å²) in [6.45, 7) is 3.07. The normalized spacial score (nSPS) is 23.0. The second kappa shape index (κ2) is 7.19. The Morgan fingerprint density at radius 3 is 2.79 bits per heavy atom. The van der Waals surface area contributed by atoms with Crippen LogP contribution in [-0.2, 0) is 16.1 Å². The number of nitrogens with zero attached hydrogens (tertiary/aromatic N) is 2. The zero-order valence-corrected chi connectivity index (χ0v) is 11.3. The number of hydrogen-bond donors (Lipinski definition) is 1. The van der Waals surface area contributed by atoms with E-state index in [9.17, 15) is 4.79 Å². The molecule has 0 radical (unpaired) electrons. The van der Waals surface area contributed by atoms with Crippen molar-refractivity contribution in [2.75, 3.05) is 6.61 Å². The van der Waals surface area contributed by atoms with Crippen molar-refractivity contribution in [3.63, 3.8) is 0 Å². The van der Waals surface area contributed by atoms with E-state index < -0.39 is 0 Å². The summed E-state index contributed by atoms with van der Waals surface area (Å²) >= 11 is 0. The van der Waals surface area contributed by atoms with Gasteiger partial charge in [0.1, 0.15) is 0 Å². The van der Waals surface area contributed by atoms with Gasteiger partial charge in [-0.25, -0.2) is 0 Å². The molecule has 1 saturated carbocycles. The van der Waals surface area contributed by atoms with Crippen LogP contribution in [0.5, 0.6) is 0 Å². The van der Waals surface area contributed by atoms with E-state index in [1.165, 1.54) is 0 Å². The van der Waals surface area contributed by atoms with Gasteiger partial charge >= 0.3 is 5.97 Å². The third kappa shape index (κ3) is 4.28. The van der Waals surface area contributed by atoms with Crippen LogP contribution in [0.3, 0.4) is 0 Å². The highest BCUT2D eigenvalue weighted by molar-refractivity contribution is 5.72. The molecular formula is C14H21N3O2. The van der Waals surface area contributed by atoms with Gasteiger partial charge < -0.3 is 10.1 Å². The van der Waals surface area contributed by atoms with E-state index in [0.29, 0.717) is 12.6 Å². The molecule has 1 N–H and O–H groups in total. The Bertz CT molecular complexity index is 389. The van der Waals surface area contributed by atoms with Crippen LogP contribution in [0, 0.1) is 5.92 Å². The van der Waals surface area contributed by atoms with Gasteiger partial charge in [0.2, 0.25) is 0 Å². The summed E-state index contributed by atoms with van der Waals surface area (Å²) in [6.07, 6.45) is 9.02. The van der Waals surface area contributed by atoms with Crippen molar-refractivity contribution in [2.24, 2.45) is 5.92 Å². The lowest BCUT2D eigenvalue weighted by Crippen LogP contribution is -2.35. The molecule has 0 atom stereocenters. The number of ether oxygens (including phenoxy) is 1. The van der Waals surface area contributed by atoms with Crippen molar-refractivity contribution < 1.29 is 9.53 Å². The van der Waals surface area contributed by atoms with Crippen LogP contribution in [-0.4, -0.2) is 28.6 Å². The van der Waals surface area contributed by atoms with Crippen molar-refractivity contribution >= 4 is 5.97 Å². The number of nitrogens with one attached hydrogen (secondary N) is 1. The van der Waals surface area contributed by atoms with Gasteiger partial charge in [-0.1, -0.05) is 0 Å².